The number of carboxylic acids is 1. The number of carbonyl (C=O) groups excluding carboxylic acids is 1. The number of fused-ring (bicyclic) bond motifs is 1. The first-order valence-electron chi connectivity index (χ1n) is 8.26. The first-order valence-corrected chi connectivity index (χ1v) is 9.14. The Morgan fingerprint density at radius 3 is 2.54 bits per heavy atom. The first-order chi connectivity index (χ1) is 10.8. The number of nitrogens with zero attached hydrogens (tertiary/aromatic N) is 2. The third-order valence-electron chi connectivity index (χ3n) is 4.42. The van der Waals surface area contributed by atoms with Crippen molar-refractivity contribution in [3.8, 4) is 0 Å². The molecule has 2 rings (SSSR count). The van der Waals surface area contributed by atoms with E-state index in [-0.39, 0.29) is 46.7 Å². The molecule has 0 aliphatic carbocycles. The molecule has 3 atom stereocenters. The van der Waals surface area contributed by atoms with Gasteiger partial charge in [-0.15, -0.1) is 11.8 Å². The Labute approximate surface area is 169 Å². The van der Waals surface area contributed by atoms with Crippen LogP contribution in [-0.4, -0.2) is 50.0 Å². The van der Waals surface area contributed by atoms with Gasteiger partial charge < -0.3 is 15.1 Å². The number of aliphatic carboxylic acids is 1. The number of hydrogen-bond donors (Lipinski definition) is 1. The fraction of sp³-hybridized carbons (Fsp3) is 0.812. The van der Waals surface area contributed by atoms with E-state index in [2.05, 4.69) is 11.9 Å². The van der Waals surface area contributed by atoms with E-state index in [9.17, 15) is 19.8 Å². The topological polar surface area (TPSA) is 93.0 Å². The van der Waals surface area contributed by atoms with Gasteiger partial charge in [0.15, 0.2) is 6.04 Å². The SMILES string of the molecule is CCCCCCCC([O-])=N[C@@H]1C(=O)N2[C@@H]1SC(C)(C)[C@@H]2C(=O)O.[Na+]. The zero-order chi connectivity index (χ0) is 17.2. The van der Waals surface area contributed by atoms with Crippen molar-refractivity contribution in [2.45, 2.75) is 81.5 Å². The Balaban J connectivity index is 0.00000288. The summed E-state index contributed by atoms with van der Waals surface area (Å²) in [6.45, 7) is 5.77. The molecule has 0 bridgehead atoms. The minimum Gasteiger partial charge on any atom is -0.862 e. The average molecular weight is 364 g/mol. The van der Waals surface area contributed by atoms with Crippen molar-refractivity contribution in [1.29, 1.82) is 0 Å². The largest absolute Gasteiger partial charge is 1.00 e. The van der Waals surface area contributed by atoms with Crippen molar-refractivity contribution in [2.75, 3.05) is 0 Å². The van der Waals surface area contributed by atoms with Gasteiger partial charge in [-0.2, -0.15) is 0 Å². The summed E-state index contributed by atoms with van der Waals surface area (Å²) < 4.78 is -0.570. The van der Waals surface area contributed by atoms with Crippen molar-refractivity contribution in [1.82, 2.24) is 4.90 Å². The summed E-state index contributed by atoms with van der Waals surface area (Å²) in [5, 5.41) is 20.9. The standard InChI is InChI=1S/C16H26N2O4S.Na/c1-4-5-6-7-8-9-10(19)17-11-13(20)18-12(15(21)22)16(2,3)23-14(11)18;/h11-12,14H,4-9H2,1-3H3,(H,17,19)(H,21,22);/q;+1/p-1/t11-,12+,14-;/m1./s1. The second kappa shape index (κ2) is 8.92. The molecule has 0 unspecified atom stereocenters. The van der Waals surface area contributed by atoms with Crippen LogP contribution in [0.3, 0.4) is 0 Å². The molecule has 2 heterocycles. The minimum atomic E-state index is -1.00. The molecule has 8 heteroatoms. The molecule has 130 valence electrons. The van der Waals surface area contributed by atoms with Crippen molar-refractivity contribution in [3.63, 3.8) is 0 Å². The Kier molecular flexibility index (Phi) is 8.10. The smallest absolute Gasteiger partial charge is 0.862 e. The third kappa shape index (κ3) is 4.48. The van der Waals surface area contributed by atoms with Crippen LogP contribution in [0.15, 0.2) is 4.99 Å². The van der Waals surface area contributed by atoms with Gasteiger partial charge in [0.25, 0.3) is 5.91 Å². The molecule has 24 heavy (non-hydrogen) atoms. The average Bonchev–Trinajstić information content (AvgIpc) is 2.73. The van der Waals surface area contributed by atoms with E-state index in [1.165, 1.54) is 23.1 Å². The van der Waals surface area contributed by atoms with Crippen molar-refractivity contribution in [3.05, 3.63) is 0 Å². The van der Waals surface area contributed by atoms with Gasteiger partial charge in [-0.3, -0.25) is 9.79 Å². The van der Waals surface area contributed by atoms with Crippen LogP contribution in [0.2, 0.25) is 0 Å². The summed E-state index contributed by atoms with van der Waals surface area (Å²) in [4.78, 5) is 29.0. The van der Waals surface area contributed by atoms with Gasteiger partial charge in [0, 0.05) is 4.75 Å². The number of rotatable bonds is 8. The fourth-order valence-electron chi connectivity index (χ4n) is 3.21. The predicted octanol–water partition coefficient (Wildman–Crippen LogP) is -1.37. The zero-order valence-corrected chi connectivity index (χ0v) is 17.8. The van der Waals surface area contributed by atoms with Gasteiger partial charge in [-0.25, -0.2) is 4.79 Å². The summed E-state index contributed by atoms with van der Waals surface area (Å²) in [6.07, 6.45) is 5.62. The maximum atomic E-state index is 12.2. The van der Waals surface area contributed by atoms with Crippen LogP contribution in [0.5, 0.6) is 0 Å². The number of β-lactam (4-membered cyclic amide) rings is 1. The number of unbranched alkanes of at least 4 members (excludes halogenated alkanes) is 4. The van der Waals surface area contributed by atoms with Crippen molar-refractivity contribution >= 4 is 29.5 Å². The van der Waals surface area contributed by atoms with E-state index in [1.807, 2.05) is 13.8 Å². The number of carboxylic acid groups (broad SMARTS) is 1. The van der Waals surface area contributed by atoms with E-state index in [0.717, 1.165) is 25.7 Å². The van der Waals surface area contributed by atoms with Gasteiger partial charge in [-0.1, -0.05) is 32.6 Å². The van der Waals surface area contributed by atoms with Crippen LogP contribution in [0.25, 0.3) is 0 Å². The van der Waals surface area contributed by atoms with Crippen molar-refractivity contribution < 1.29 is 49.4 Å². The summed E-state index contributed by atoms with van der Waals surface area (Å²) in [5.41, 5.74) is 0. The molecule has 2 aliphatic heterocycles. The molecule has 0 spiro atoms. The summed E-state index contributed by atoms with van der Waals surface area (Å²) in [7, 11) is 0. The number of hydrogen-bond acceptors (Lipinski definition) is 5. The van der Waals surface area contributed by atoms with E-state index in [4.69, 9.17) is 0 Å². The van der Waals surface area contributed by atoms with Gasteiger partial charge in [0.2, 0.25) is 0 Å². The molecule has 6 nitrogen and oxygen atoms in total. The number of amides is 1. The van der Waals surface area contributed by atoms with E-state index < -0.39 is 22.8 Å². The van der Waals surface area contributed by atoms with Gasteiger partial charge in [0.1, 0.15) is 11.4 Å². The molecule has 2 aliphatic rings. The summed E-state index contributed by atoms with van der Waals surface area (Å²) >= 11 is 1.42. The second-order valence-corrected chi connectivity index (χ2v) is 8.50. The summed E-state index contributed by atoms with van der Waals surface area (Å²) in [5.74, 6) is -1.57. The van der Waals surface area contributed by atoms with Crippen molar-refractivity contribution in [2.24, 2.45) is 4.99 Å². The molecular formula is C16H25N2NaO4S. The Morgan fingerprint density at radius 1 is 1.33 bits per heavy atom. The van der Waals surface area contributed by atoms with Gasteiger partial charge in [0.05, 0.1) is 0 Å². The molecular weight excluding hydrogens is 339 g/mol. The second-order valence-electron chi connectivity index (χ2n) is 6.73. The molecule has 0 radical (unpaired) electrons. The van der Waals surface area contributed by atoms with Crippen LogP contribution in [0.4, 0.5) is 0 Å². The first kappa shape index (κ1) is 21.8. The molecule has 2 saturated heterocycles. The molecule has 1 N–H and O–H groups in total. The monoisotopic (exact) mass is 364 g/mol. The van der Waals surface area contributed by atoms with Crippen LogP contribution < -0.4 is 34.7 Å². The van der Waals surface area contributed by atoms with E-state index in [1.54, 1.807) is 0 Å². The van der Waals surface area contributed by atoms with Crippen LogP contribution in [-0.2, 0) is 9.59 Å². The molecule has 0 aromatic heterocycles. The molecule has 1 amide bonds. The quantitative estimate of drug-likeness (QED) is 0.189. The van der Waals surface area contributed by atoms with Crippen LogP contribution in [0.1, 0.15) is 59.3 Å². The number of aliphatic imine (C=N–C) groups is 1. The molecule has 2 fully saturated rings. The maximum absolute atomic E-state index is 12.2. The normalized spacial score (nSPS) is 28.1. The Hall–Kier alpha value is -0.240. The van der Waals surface area contributed by atoms with Gasteiger partial charge >= 0.3 is 35.5 Å². The number of carbonyl (C=O) groups is 2. The summed E-state index contributed by atoms with van der Waals surface area (Å²) in [6, 6.07) is -1.55. The van der Waals surface area contributed by atoms with Gasteiger partial charge in [-0.05, 0) is 32.6 Å². The van der Waals surface area contributed by atoms with Crippen LogP contribution >= 0.6 is 11.8 Å². The zero-order valence-electron chi connectivity index (χ0n) is 14.9. The van der Waals surface area contributed by atoms with E-state index >= 15 is 0 Å². The molecule has 0 aromatic rings. The fourth-order valence-corrected chi connectivity index (χ4v) is 4.82. The number of thioether (sulfide) groups is 1. The van der Waals surface area contributed by atoms with E-state index in [0.29, 0.717) is 6.42 Å². The van der Waals surface area contributed by atoms with Crippen LogP contribution in [0, 0.1) is 0 Å². The Morgan fingerprint density at radius 2 is 1.96 bits per heavy atom. The predicted molar refractivity (Wildman–Crippen MR) is 88.3 cm³/mol. The molecule has 0 saturated carbocycles. The Bertz CT molecular complexity index is 512. The maximum Gasteiger partial charge on any atom is 1.00 e. The molecule has 0 aromatic carbocycles. The minimum absolute atomic E-state index is 0. The third-order valence-corrected chi connectivity index (χ3v) is 5.98.